The van der Waals surface area contributed by atoms with E-state index in [1.807, 2.05) is 54.6 Å². The summed E-state index contributed by atoms with van der Waals surface area (Å²) in [5.41, 5.74) is 3.11. The Morgan fingerprint density at radius 2 is 1.64 bits per heavy atom. The molecule has 0 fully saturated rings. The molecule has 0 aliphatic carbocycles. The van der Waals surface area contributed by atoms with Gasteiger partial charge in [0.1, 0.15) is 4.83 Å². The normalized spacial score (nSPS) is 12.3. The zero-order chi connectivity index (χ0) is 15.7. The molecule has 0 aliphatic heterocycles. The van der Waals surface area contributed by atoms with Gasteiger partial charge in [-0.2, -0.15) is 0 Å². The first-order valence-corrected chi connectivity index (χ1v) is 7.86. The van der Waals surface area contributed by atoms with Crippen LogP contribution in [0.2, 0.25) is 0 Å². The van der Waals surface area contributed by atoms with Crippen LogP contribution in [0.3, 0.4) is 0 Å². The second-order valence-corrected chi connectivity index (χ2v) is 6.04. The molecule has 0 spiro atoms. The summed E-state index contributed by atoms with van der Waals surface area (Å²) in [6.45, 7) is 1.41. The summed E-state index contributed by atoms with van der Waals surface area (Å²) < 4.78 is 0. The predicted octanol–water partition coefficient (Wildman–Crippen LogP) is 4.37. The fraction of sp³-hybridized carbons (Fsp3) is 0.111. The lowest BCUT2D eigenvalue weighted by Gasteiger charge is -2.07. The highest BCUT2D eigenvalue weighted by atomic mass is 79.9. The van der Waals surface area contributed by atoms with Crippen LogP contribution < -0.4 is 0 Å². The van der Waals surface area contributed by atoms with Crippen molar-refractivity contribution in [2.24, 2.45) is 0 Å². The van der Waals surface area contributed by atoms with E-state index in [2.05, 4.69) is 20.9 Å². The van der Waals surface area contributed by atoms with Crippen LogP contribution in [0.15, 0.2) is 54.6 Å². The van der Waals surface area contributed by atoms with E-state index in [4.69, 9.17) is 0 Å². The Morgan fingerprint density at radius 1 is 1.00 bits per heavy atom. The van der Waals surface area contributed by atoms with Gasteiger partial charge in [-0.05, 0) is 18.6 Å². The average Bonchev–Trinajstić information content (AvgIpc) is 2.93. The summed E-state index contributed by atoms with van der Waals surface area (Å²) in [4.78, 5) is 26.8. The number of aromatic amines is 1. The molecule has 3 nitrogen and oxygen atoms in total. The first-order valence-electron chi connectivity index (χ1n) is 6.94. The standard InChI is InChI=1S/C18H14BrNO2/c1-11(21)16(19)18(22)15-13-9-5-6-10-14(13)20-17(15)12-7-3-2-4-8-12/h2-10,16,20H,1H3. The molecule has 0 radical (unpaired) electrons. The molecule has 22 heavy (non-hydrogen) atoms. The third-order valence-corrected chi connectivity index (χ3v) is 4.66. The zero-order valence-corrected chi connectivity index (χ0v) is 13.6. The summed E-state index contributed by atoms with van der Waals surface area (Å²) in [6, 6.07) is 17.3. The minimum Gasteiger partial charge on any atom is -0.354 e. The summed E-state index contributed by atoms with van der Waals surface area (Å²) in [6.07, 6.45) is 0. The van der Waals surface area contributed by atoms with Crippen molar-refractivity contribution in [3.63, 3.8) is 0 Å². The maximum atomic E-state index is 12.8. The number of benzene rings is 2. The molecule has 110 valence electrons. The van der Waals surface area contributed by atoms with Crippen LogP contribution in [0.4, 0.5) is 0 Å². The fourth-order valence-electron chi connectivity index (χ4n) is 2.53. The Bertz CT molecular complexity index is 852. The Hall–Kier alpha value is -2.20. The van der Waals surface area contributed by atoms with Gasteiger partial charge in [-0.15, -0.1) is 0 Å². The number of carbonyl (C=O) groups is 2. The predicted molar refractivity (Wildman–Crippen MR) is 91.5 cm³/mol. The number of rotatable bonds is 4. The molecule has 4 heteroatoms. The second kappa shape index (κ2) is 5.89. The minimum atomic E-state index is -0.825. The molecule has 0 amide bonds. The highest BCUT2D eigenvalue weighted by molar-refractivity contribution is 9.10. The topological polar surface area (TPSA) is 49.9 Å². The molecular weight excluding hydrogens is 342 g/mol. The van der Waals surface area contributed by atoms with Crippen molar-refractivity contribution >= 4 is 38.4 Å². The van der Waals surface area contributed by atoms with Crippen LogP contribution in [0.25, 0.3) is 22.2 Å². The summed E-state index contributed by atoms with van der Waals surface area (Å²) in [5, 5.41) is 0.831. The number of hydrogen-bond donors (Lipinski definition) is 1. The molecule has 0 saturated heterocycles. The number of ketones is 2. The lowest BCUT2D eigenvalue weighted by atomic mass is 9.99. The quantitative estimate of drug-likeness (QED) is 0.429. The van der Waals surface area contributed by atoms with E-state index in [0.29, 0.717) is 5.56 Å². The van der Waals surface area contributed by atoms with E-state index < -0.39 is 4.83 Å². The monoisotopic (exact) mass is 355 g/mol. The fourth-order valence-corrected chi connectivity index (χ4v) is 2.76. The Balaban J connectivity index is 2.26. The van der Waals surface area contributed by atoms with Gasteiger partial charge in [0, 0.05) is 10.9 Å². The first-order chi connectivity index (χ1) is 10.6. The van der Waals surface area contributed by atoms with E-state index in [-0.39, 0.29) is 11.6 Å². The van der Waals surface area contributed by atoms with Crippen molar-refractivity contribution in [3.8, 4) is 11.3 Å². The molecule has 1 N–H and O–H groups in total. The third-order valence-electron chi connectivity index (χ3n) is 3.60. The maximum absolute atomic E-state index is 12.8. The lowest BCUT2D eigenvalue weighted by Crippen LogP contribution is -2.22. The number of carbonyl (C=O) groups excluding carboxylic acids is 2. The number of Topliss-reactive ketones (excluding diaryl/α,β-unsaturated/α-hetero) is 2. The smallest absolute Gasteiger partial charge is 0.186 e. The highest BCUT2D eigenvalue weighted by Crippen LogP contribution is 2.32. The van der Waals surface area contributed by atoms with E-state index in [0.717, 1.165) is 22.2 Å². The highest BCUT2D eigenvalue weighted by Gasteiger charge is 2.27. The maximum Gasteiger partial charge on any atom is 0.186 e. The van der Waals surface area contributed by atoms with E-state index >= 15 is 0 Å². The summed E-state index contributed by atoms with van der Waals surface area (Å²) >= 11 is 3.21. The lowest BCUT2D eigenvalue weighted by molar-refractivity contribution is -0.115. The number of hydrogen-bond acceptors (Lipinski definition) is 2. The molecular formula is C18H14BrNO2. The van der Waals surface area contributed by atoms with Crippen LogP contribution in [0.5, 0.6) is 0 Å². The molecule has 3 aromatic rings. The van der Waals surface area contributed by atoms with Gasteiger partial charge < -0.3 is 4.98 Å². The van der Waals surface area contributed by atoms with Crippen molar-refractivity contribution in [2.45, 2.75) is 11.8 Å². The van der Waals surface area contributed by atoms with Crippen molar-refractivity contribution in [2.75, 3.05) is 0 Å². The minimum absolute atomic E-state index is 0.200. The van der Waals surface area contributed by atoms with Gasteiger partial charge in [-0.3, -0.25) is 9.59 Å². The molecule has 0 bridgehead atoms. The molecule has 0 aliphatic rings. The van der Waals surface area contributed by atoms with Crippen LogP contribution in [-0.2, 0) is 4.79 Å². The van der Waals surface area contributed by atoms with Gasteiger partial charge in [0.15, 0.2) is 11.6 Å². The Kier molecular flexibility index (Phi) is 3.94. The molecule has 1 heterocycles. The van der Waals surface area contributed by atoms with Crippen LogP contribution in [-0.4, -0.2) is 21.4 Å². The third kappa shape index (κ3) is 2.50. The second-order valence-electron chi connectivity index (χ2n) is 5.12. The van der Waals surface area contributed by atoms with Crippen molar-refractivity contribution in [1.29, 1.82) is 0 Å². The summed E-state index contributed by atoms with van der Waals surface area (Å²) in [5.74, 6) is -0.418. The number of H-pyrrole nitrogens is 1. The molecule has 1 aromatic heterocycles. The summed E-state index contributed by atoms with van der Waals surface area (Å²) in [7, 11) is 0. The molecule has 2 aromatic carbocycles. The first kappa shape index (κ1) is 14.7. The average molecular weight is 356 g/mol. The van der Waals surface area contributed by atoms with Gasteiger partial charge >= 0.3 is 0 Å². The molecule has 3 rings (SSSR count). The van der Waals surface area contributed by atoms with Crippen molar-refractivity contribution in [3.05, 3.63) is 60.2 Å². The van der Waals surface area contributed by atoms with Crippen molar-refractivity contribution < 1.29 is 9.59 Å². The van der Waals surface area contributed by atoms with Gasteiger partial charge in [-0.1, -0.05) is 64.5 Å². The number of nitrogens with one attached hydrogen (secondary N) is 1. The van der Waals surface area contributed by atoms with Crippen molar-refractivity contribution in [1.82, 2.24) is 4.98 Å². The number of aromatic nitrogens is 1. The molecule has 1 atom stereocenters. The van der Waals surface area contributed by atoms with Crippen LogP contribution >= 0.6 is 15.9 Å². The van der Waals surface area contributed by atoms with Crippen LogP contribution in [0.1, 0.15) is 17.3 Å². The number of halogens is 1. The number of fused-ring (bicyclic) bond motifs is 1. The number of para-hydroxylation sites is 1. The Morgan fingerprint density at radius 3 is 2.32 bits per heavy atom. The van der Waals surface area contributed by atoms with Gasteiger partial charge in [0.05, 0.1) is 11.3 Å². The van der Waals surface area contributed by atoms with Gasteiger partial charge in [0.2, 0.25) is 0 Å². The van der Waals surface area contributed by atoms with Crippen LogP contribution in [0, 0.1) is 0 Å². The van der Waals surface area contributed by atoms with Gasteiger partial charge in [0.25, 0.3) is 0 Å². The zero-order valence-electron chi connectivity index (χ0n) is 12.0. The Labute approximate surface area is 136 Å². The molecule has 0 saturated carbocycles. The van der Waals surface area contributed by atoms with E-state index in [1.54, 1.807) is 0 Å². The number of alkyl halides is 1. The van der Waals surface area contributed by atoms with E-state index in [1.165, 1.54) is 6.92 Å². The largest absolute Gasteiger partial charge is 0.354 e. The van der Waals surface area contributed by atoms with E-state index in [9.17, 15) is 9.59 Å². The van der Waals surface area contributed by atoms with Gasteiger partial charge in [-0.25, -0.2) is 0 Å². The molecule has 1 unspecified atom stereocenters. The SMILES string of the molecule is CC(=O)C(Br)C(=O)c1c(-c2ccccc2)[nH]c2ccccc12.